The van der Waals surface area contributed by atoms with Crippen LogP contribution in [0.5, 0.6) is 0 Å². The van der Waals surface area contributed by atoms with Crippen molar-refractivity contribution >= 4 is 13.7 Å². The Morgan fingerprint density at radius 1 is 1.33 bits per heavy atom. The predicted octanol–water partition coefficient (Wildman–Crippen LogP) is 1.37. The highest BCUT2D eigenvalue weighted by Gasteiger charge is 2.08. The molecule has 0 aromatic heterocycles. The fourth-order valence-corrected chi connectivity index (χ4v) is 1.50. The van der Waals surface area contributed by atoms with Crippen LogP contribution in [0, 0.1) is 0 Å². The summed E-state index contributed by atoms with van der Waals surface area (Å²) in [5.41, 5.74) is 1.59. The smallest absolute Gasteiger partial charge is 0.329 e. The maximum Gasteiger partial charge on any atom is 0.329 e. The van der Waals surface area contributed by atoms with Crippen LogP contribution in [0.1, 0.15) is 11.1 Å². The van der Waals surface area contributed by atoms with E-state index in [4.69, 9.17) is 14.9 Å². The minimum Gasteiger partial charge on any atom is -0.392 e. The zero-order valence-electron chi connectivity index (χ0n) is 8.08. The van der Waals surface area contributed by atoms with Gasteiger partial charge in [-0.2, -0.15) is 0 Å². The first-order chi connectivity index (χ1) is 7.01. The summed E-state index contributed by atoms with van der Waals surface area (Å²) in [5.74, 6) is 0. The summed E-state index contributed by atoms with van der Waals surface area (Å²) < 4.78 is 10.5. The average Bonchev–Trinajstić information content (AvgIpc) is 2.16. The molecule has 0 atom stereocenters. The first-order valence-electron chi connectivity index (χ1n) is 4.42. The Kier molecular flexibility index (Phi) is 4.24. The molecule has 5 heteroatoms. The Morgan fingerprint density at radius 3 is 2.67 bits per heavy atom. The summed E-state index contributed by atoms with van der Waals surface area (Å²) >= 11 is 0. The van der Waals surface area contributed by atoms with Gasteiger partial charge in [0.15, 0.2) is 0 Å². The fourth-order valence-electron chi connectivity index (χ4n) is 1.12. The first-order valence-corrected chi connectivity index (χ1v) is 6.22. The summed E-state index contributed by atoms with van der Waals surface area (Å²) in [6.45, 7) is -0.0415. The van der Waals surface area contributed by atoms with Crippen molar-refractivity contribution in [3.8, 4) is 0 Å². The SMILES string of the molecule is O=P(O)(O)C/C=C/c1cccc(CO)c1. The van der Waals surface area contributed by atoms with Crippen molar-refractivity contribution < 1.29 is 19.5 Å². The summed E-state index contributed by atoms with van der Waals surface area (Å²) in [5, 5.41) is 8.87. The highest BCUT2D eigenvalue weighted by atomic mass is 31.2. The van der Waals surface area contributed by atoms with E-state index in [0.29, 0.717) is 0 Å². The molecule has 1 aromatic carbocycles. The lowest BCUT2D eigenvalue weighted by molar-refractivity contribution is 0.282. The number of hydrogen-bond donors (Lipinski definition) is 3. The molecule has 0 amide bonds. The largest absolute Gasteiger partial charge is 0.392 e. The van der Waals surface area contributed by atoms with Crippen molar-refractivity contribution in [2.45, 2.75) is 6.61 Å². The summed E-state index contributed by atoms with van der Waals surface area (Å²) in [4.78, 5) is 17.2. The van der Waals surface area contributed by atoms with Gasteiger partial charge in [-0.3, -0.25) is 4.57 Å². The minimum atomic E-state index is -3.96. The van der Waals surface area contributed by atoms with Gasteiger partial charge in [0.2, 0.25) is 0 Å². The normalized spacial score (nSPS) is 12.2. The Bertz CT molecular complexity index is 394. The van der Waals surface area contributed by atoms with Gasteiger partial charge >= 0.3 is 7.60 Å². The molecule has 0 fully saturated rings. The van der Waals surface area contributed by atoms with E-state index in [1.807, 2.05) is 0 Å². The molecular weight excluding hydrogens is 215 g/mol. The van der Waals surface area contributed by atoms with E-state index in [9.17, 15) is 4.57 Å². The highest BCUT2D eigenvalue weighted by molar-refractivity contribution is 7.51. The Labute approximate surface area is 88.0 Å². The van der Waals surface area contributed by atoms with Crippen LogP contribution in [-0.2, 0) is 11.2 Å². The van der Waals surface area contributed by atoms with Crippen molar-refractivity contribution in [3.63, 3.8) is 0 Å². The van der Waals surface area contributed by atoms with Crippen LogP contribution in [0.2, 0.25) is 0 Å². The molecule has 3 N–H and O–H groups in total. The fraction of sp³-hybridized carbons (Fsp3) is 0.200. The number of aliphatic hydroxyl groups excluding tert-OH is 1. The first kappa shape index (κ1) is 12.1. The molecule has 1 aromatic rings. The lowest BCUT2D eigenvalue weighted by Gasteiger charge is -1.99. The van der Waals surface area contributed by atoms with Crippen LogP contribution in [0.3, 0.4) is 0 Å². The molecule has 0 heterocycles. The maximum atomic E-state index is 10.5. The van der Waals surface area contributed by atoms with Crippen LogP contribution < -0.4 is 0 Å². The van der Waals surface area contributed by atoms with Gasteiger partial charge in [0.25, 0.3) is 0 Å². The summed E-state index contributed by atoms with van der Waals surface area (Å²) in [6, 6.07) is 7.12. The monoisotopic (exact) mass is 228 g/mol. The van der Waals surface area contributed by atoms with Crippen molar-refractivity contribution in [3.05, 3.63) is 41.5 Å². The lowest BCUT2D eigenvalue weighted by Crippen LogP contribution is -1.84. The number of allylic oxidation sites excluding steroid dienone is 1. The highest BCUT2D eigenvalue weighted by Crippen LogP contribution is 2.34. The second-order valence-electron chi connectivity index (χ2n) is 3.15. The number of hydrogen-bond acceptors (Lipinski definition) is 2. The molecule has 0 aliphatic carbocycles. The third-order valence-corrected chi connectivity index (χ3v) is 2.47. The predicted molar refractivity (Wildman–Crippen MR) is 58.3 cm³/mol. The Morgan fingerprint density at radius 2 is 2.07 bits per heavy atom. The van der Waals surface area contributed by atoms with E-state index < -0.39 is 7.60 Å². The van der Waals surface area contributed by atoms with Crippen molar-refractivity contribution in [1.82, 2.24) is 0 Å². The van der Waals surface area contributed by atoms with Gasteiger partial charge in [-0.15, -0.1) is 0 Å². The molecule has 82 valence electrons. The van der Waals surface area contributed by atoms with E-state index in [2.05, 4.69) is 0 Å². The topological polar surface area (TPSA) is 77.8 Å². The molecule has 4 nitrogen and oxygen atoms in total. The van der Waals surface area contributed by atoms with Gasteiger partial charge in [0.05, 0.1) is 12.8 Å². The van der Waals surface area contributed by atoms with Gasteiger partial charge in [-0.25, -0.2) is 0 Å². The van der Waals surface area contributed by atoms with E-state index in [1.54, 1.807) is 30.3 Å². The quantitative estimate of drug-likeness (QED) is 0.680. The maximum absolute atomic E-state index is 10.5. The van der Waals surface area contributed by atoms with Gasteiger partial charge in [-0.05, 0) is 17.2 Å². The second-order valence-corrected chi connectivity index (χ2v) is 4.85. The van der Waals surface area contributed by atoms with Gasteiger partial charge in [-0.1, -0.05) is 30.4 Å². The lowest BCUT2D eigenvalue weighted by atomic mass is 10.1. The average molecular weight is 228 g/mol. The van der Waals surface area contributed by atoms with Crippen LogP contribution in [0.15, 0.2) is 30.3 Å². The molecule has 0 unspecified atom stereocenters. The van der Waals surface area contributed by atoms with Crippen LogP contribution in [0.25, 0.3) is 6.08 Å². The molecule has 0 spiro atoms. The van der Waals surface area contributed by atoms with Gasteiger partial charge in [0, 0.05) is 0 Å². The van der Waals surface area contributed by atoms with Crippen LogP contribution in [0.4, 0.5) is 0 Å². The molecule has 0 saturated carbocycles. The Balaban J connectivity index is 2.68. The summed E-state index contributed by atoms with van der Waals surface area (Å²) in [7, 11) is -3.96. The van der Waals surface area contributed by atoms with E-state index in [1.165, 1.54) is 6.08 Å². The molecular formula is C10H13O4P. The van der Waals surface area contributed by atoms with Crippen molar-refractivity contribution in [1.29, 1.82) is 0 Å². The zero-order valence-corrected chi connectivity index (χ0v) is 8.97. The Hall–Kier alpha value is -0.930. The third-order valence-electron chi connectivity index (χ3n) is 1.79. The van der Waals surface area contributed by atoms with E-state index in [0.717, 1.165) is 11.1 Å². The second kappa shape index (κ2) is 5.24. The number of benzene rings is 1. The molecule has 0 saturated heterocycles. The molecule has 1 rings (SSSR count). The van der Waals surface area contributed by atoms with Gasteiger partial charge in [0.1, 0.15) is 0 Å². The van der Waals surface area contributed by atoms with E-state index in [-0.39, 0.29) is 12.8 Å². The van der Waals surface area contributed by atoms with Crippen LogP contribution in [-0.4, -0.2) is 21.1 Å². The van der Waals surface area contributed by atoms with Crippen molar-refractivity contribution in [2.75, 3.05) is 6.16 Å². The van der Waals surface area contributed by atoms with Crippen molar-refractivity contribution in [2.24, 2.45) is 0 Å². The molecule has 15 heavy (non-hydrogen) atoms. The van der Waals surface area contributed by atoms with Crippen LogP contribution >= 0.6 is 7.60 Å². The third kappa shape index (κ3) is 4.91. The number of aliphatic hydroxyl groups is 1. The standard InChI is InChI=1S/C10H13O4P/c11-8-10-4-1-3-9(7-10)5-2-6-15(12,13)14/h1-5,7,11H,6,8H2,(H2,12,13,14)/b5-2+. The summed E-state index contributed by atoms with van der Waals surface area (Å²) in [6.07, 6.45) is 2.78. The van der Waals surface area contributed by atoms with Gasteiger partial charge < -0.3 is 14.9 Å². The molecule has 0 aliphatic heterocycles. The molecule has 0 bridgehead atoms. The molecule has 0 aliphatic rings. The zero-order chi connectivity index (χ0) is 11.3. The number of rotatable bonds is 4. The van der Waals surface area contributed by atoms with E-state index >= 15 is 0 Å². The molecule has 0 radical (unpaired) electrons. The minimum absolute atomic E-state index is 0.0415.